The fourth-order valence-electron chi connectivity index (χ4n) is 0.361. The van der Waals surface area contributed by atoms with Gasteiger partial charge in [-0.05, 0) is 6.42 Å². The third-order valence-corrected chi connectivity index (χ3v) is 1.68. The van der Waals surface area contributed by atoms with Gasteiger partial charge in [0, 0.05) is 0 Å². The summed E-state index contributed by atoms with van der Waals surface area (Å²) in [6.07, 6.45) is -0.611. The van der Waals surface area contributed by atoms with Gasteiger partial charge in [-0.1, -0.05) is 6.92 Å². The van der Waals surface area contributed by atoms with Gasteiger partial charge in [0.1, 0.15) is 5.75 Å². The van der Waals surface area contributed by atoms with Crippen molar-refractivity contribution in [2.24, 2.45) is 0 Å². The molecule has 0 rings (SSSR count). The molecule has 0 aliphatic carbocycles. The first kappa shape index (κ1) is 13.5. The van der Waals surface area contributed by atoms with Crippen molar-refractivity contribution in [3.63, 3.8) is 0 Å². The summed E-state index contributed by atoms with van der Waals surface area (Å²) in [5, 5.41) is 8.65. The summed E-state index contributed by atoms with van der Waals surface area (Å²) in [6.45, 7) is 1.63. The molecule has 0 fully saturated rings. The summed E-state index contributed by atoms with van der Waals surface area (Å²) >= 11 is 0. The number of aliphatic hydroxyl groups excluding tert-OH is 1. The second kappa shape index (κ2) is 5.51. The molecule has 0 aromatic rings. The summed E-state index contributed by atoms with van der Waals surface area (Å²) in [7, 11) is -3.99. The fraction of sp³-hybridized carbons (Fsp3) is 1.00. The van der Waals surface area contributed by atoms with Gasteiger partial charge >= 0.3 is 29.6 Å². The molecule has 0 aromatic heterocycles. The van der Waals surface area contributed by atoms with Crippen LogP contribution in [0.3, 0.4) is 0 Å². The van der Waals surface area contributed by atoms with Crippen LogP contribution in [0.2, 0.25) is 0 Å². The summed E-state index contributed by atoms with van der Waals surface area (Å²) < 4.78 is 28.1. The number of rotatable bonds is 3. The Morgan fingerprint density at radius 3 is 2.10 bits per heavy atom. The van der Waals surface area contributed by atoms with Crippen molar-refractivity contribution in [3.05, 3.63) is 0 Å². The first-order valence-electron chi connectivity index (χ1n) is 2.59. The second-order valence-corrected chi connectivity index (χ2v) is 3.31. The van der Waals surface area contributed by atoms with Crippen LogP contribution in [-0.4, -0.2) is 29.9 Å². The van der Waals surface area contributed by atoms with Gasteiger partial charge in [0.05, 0.1) is 6.10 Å². The van der Waals surface area contributed by atoms with E-state index in [4.69, 9.17) is 9.66 Å². The van der Waals surface area contributed by atoms with E-state index < -0.39 is 22.0 Å². The first-order chi connectivity index (χ1) is 3.95. The van der Waals surface area contributed by atoms with E-state index in [2.05, 4.69) is 0 Å². The van der Waals surface area contributed by atoms with E-state index in [-0.39, 0.29) is 31.0 Å². The first-order valence-corrected chi connectivity index (χ1v) is 4.20. The van der Waals surface area contributed by atoms with Crippen LogP contribution in [0.15, 0.2) is 0 Å². The molecule has 0 saturated heterocycles. The van der Waals surface area contributed by atoms with Crippen molar-refractivity contribution in [2.75, 3.05) is 5.75 Å². The van der Waals surface area contributed by atoms with E-state index in [9.17, 15) is 8.42 Å². The Hall–Kier alpha value is 0.870. The molecule has 0 aliphatic rings. The molecule has 0 bridgehead atoms. The molecule has 1 unspecified atom stereocenters. The maximum absolute atomic E-state index is 10.00. The van der Waals surface area contributed by atoms with E-state index in [1.54, 1.807) is 6.92 Å². The number of hydrogen-bond donors (Lipinski definition) is 2. The maximum Gasteiger partial charge on any atom is 1.00 e. The van der Waals surface area contributed by atoms with E-state index in [0.29, 0.717) is 6.42 Å². The number of aliphatic hydroxyl groups is 1. The van der Waals surface area contributed by atoms with E-state index in [0.717, 1.165) is 0 Å². The molecule has 0 aromatic carbocycles. The van der Waals surface area contributed by atoms with E-state index in [1.807, 2.05) is 0 Å². The average Bonchev–Trinajstić information content (AvgIpc) is 1.62. The zero-order valence-corrected chi connectivity index (χ0v) is 8.93. The van der Waals surface area contributed by atoms with Gasteiger partial charge in [0.2, 0.25) is 0 Å². The minimum atomic E-state index is -3.99. The van der Waals surface area contributed by atoms with Gasteiger partial charge in [-0.2, -0.15) is 8.42 Å². The van der Waals surface area contributed by atoms with Crippen LogP contribution in [0, 0.1) is 0 Å². The average molecular weight is 178 g/mol. The summed E-state index contributed by atoms with van der Waals surface area (Å²) in [5.41, 5.74) is 0. The standard InChI is InChI=1S/C4H10O4S.Na.H/c1-2-4(5)3-9(6,7)8;;/h4-5H,2-3H2,1H3,(H,6,7,8);;/q;+1;-1. The molecule has 58 valence electrons. The largest absolute Gasteiger partial charge is 1.00 e. The molecule has 1 atom stereocenters. The van der Waals surface area contributed by atoms with Crippen molar-refractivity contribution in [2.45, 2.75) is 19.4 Å². The van der Waals surface area contributed by atoms with Crippen LogP contribution < -0.4 is 29.6 Å². The normalized spacial score (nSPS) is 13.9. The molecule has 0 radical (unpaired) electrons. The Labute approximate surface area is 84.2 Å². The quantitative estimate of drug-likeness (QED) is 0.352. The van der Waals surface area contributed by atoms with Crippen molar-refractivity contribution in [1.29, 1.82) is 0 Å². The predicted octanol–water partition coefficient (Wildman–Crippen LogP) is -3.24. The van der Waals surface area contributed by atoms with Crippen molar-refractivity contribution >= 4 is 10.1 Å². The summed E-state index contributed by atoms with van der Waals surface area (Å²) in [5.74, 6) is -0.566. The Morgan fingerprint density at radius 2 is 2.00 bits per heavy atom. The Bertz CT molecular complexity index is 169. The summed E-state index contributed by atoms with van der Waals surface area (Å²) in [4.78, 5) is 0. The number of hydrogen-bond acceptors (Lipinski definition) is 3. The van der Waals surface area contributed by atoms with Crippen molar-refractivity contribution in [1.82, 2.24) is 0 Å². The van der Waals surface area contributed by atoms with Crippen molar-refractivity contribution in [3.8, 4) is 0 Å². The third kappa shape index (κ3) is 8.87. The molecule has 6 heteroatoms. The van der Waals surface area contributed by atoms with Crippen LogP contribution in [0.25, 0.3) is 0 Å². The molecular formula is C4H11NaO4S. The summed E-state index contributed by atoms with van der Waals surface area (Å²) in [6, 6.07) is 0. The molecule has 0 saturated carbocycles. The molecule has 0 aliphatic heterocycles. The minimum Gasteiger partial charge on any atom is -1.00 e. The van der Waals surface area contributed by atoms with Crippen molar-refractivity contribution < 1.29 is 49.1 Å². The third-order valence-electron chi connectivity index (χ3n) is 0.874. The van der Waals surface area contributed by atoms with Gasteiger partial charge in [-0.15, -0.1) is 0 Å². The molecule has 10 heavy (non-hydrogen) atoms. The monoisotopic (exact) mass is 178 g/mol. The molecule has 2 N–H and O–H groups in total. The topological polar surface area (TPSA) is 74.6 Å². The molecule has 0 amide bonds. The maximum atomic E-state index is 10.00. The molecule has 0 spiro atoms. The van der Waals surface area contributed by atoms with Gasteiger partial charge in [0.15, 0.2) is 0 Å². The SMILES string of the molecule is CCC(O)CS(=O)(=O)O.[H-].[Na+]. The van der Waals surface area contributed by atoms with Gasteiger partial charge in [-0.3, -0.25) is 4.55 Å². The molecular weight excluding hydrogens is 167 g/mol. The van der Waals surface area contributed by atoms with Crippen LogP contribution in [-0.2, 0) is 10.1 Å². The Morgan fingerprint density at radius 1 is 1.60 bits per heavy atom. The zero-order valence-electron chi connectivity index (χ0n) is 7.11. The van der Waals surface area contributed by atoms with Crippen LogP contribution in [0.4, 0.5) is 0 Å². The minimum absolute atomic E-state index is 0. The van der Waals surface area contributed by atoms with Gasteiger partial charge in [0.25, 0.3) is 10.1 Å². The smallest absolute Gasteiger partial charge is 1.00 e. The van der Waals surface area contributed by atoms with Crippen LogP contribution >= 0.6 is 0 Å². The van der Waals surface area contributed by atoms with Gasteiger partial charge in [-0.25, -0.2) is 0 Å². The zero-order chi connectivity index (χ0) is 7.49. The fourth-order valence-corrected chi connectivity index (χ4v) is 1.08. The second-order valence-electron chi connectivity index (χ2n) is 1.81. The molecule has 0 heterocycles. The van der Waals surface area contributed by atoms with Crippen LogP contribution in [0.5, 0.6) is 0 Å². The Kier molecular flexibility index (Phi) is 7.42. The molecule has 4 nitrogen and oxygen atoms in total. The predicted molar refractivity (Wildman–Crippen MR) is 33.8 cm³/mol. The Balaban J connectivity index is -0.000000320. The van der Waals surface area contributed by atoms with E-state index >= 15 is 0 Å². The van der Waals surface area contributed by atoms with Gasteiger partial charge < -0.3 is 6.53 Å². The van der Waals surface area contributed by atoms with Crippen LogP contribution in [0.1, 0.15) is 14.8 Å². The van der Waals surface area contributed by atoms with E-state index in [1.165, 1.54) is 0 Å².